The summed E-state index contributed by atoms with van der Waals surface area (Å²) in [7, 11) is 1.10. The zero-order valence-corrected chi connectivity index (χ0v) is 15.1. The Morgan fingerprint density at radius 2 is 1.92 bits per heavy atom. The Bertz CT molecular complexity index is 815. The summed E-state index contributed by atoms with van der Waals surface area (Å²) in [4.78, 5) is 12.2. The first-order valence-electron chi connectivity index (χ1n) is 6.78. The monoisotopic (exact) mass is 426 g/mol. The lowest BCUT2D eigenvalue weighted by molar-refractivity contribution is -0.144. The van der Waals surface area contributed by atoms with Gasteiger partial charge in [-0.3, -0.25) is 9.48 Å². The van der Waals surface area contributed by atoms with E-state index in [-0.39, 0.29) is 27.6 Å². The Hall–Kier alpha value is -1.41. The number of aryl methyl sites for hydroxylation is 1. The van der Waals surface area contributed by atoms with Gasteiger partial charge in [0.25, 0.3) is 0 Å². The minimum atomic E-state index is -4.67. The number of aromatic nitrogens is 2. The van der Waals surface area contributed by atoms with Gasteiger partial charge in [0.15, 0.2) is 11.5 Å². The predicted molar refractivity (Wildman–Crippen MR) is 85.5 cm³/mol. The zero-order valence-electron chi connectivity index (χ0n) is 12.8. The van der Waals surface area contributed by atoms with E-state index >= 15 is 0 Å². The smallest absolute Gasteiger partial charge is 0.294 e. The van der Waals surface area contributed by atoms with Gasteiger partial charge in [0.05, 0.1) is 9.50 Å². The van der Waals surface area contributed by atoms with E-state index < -0.39 is 28.1 Å². The molecular formula is C15H12BrClF4N2O. The second-order valence-electron chi connectivity index (χ2n) is 5.46. The SMILES string of the molecule is CC(C)C(=O)c1cc(-c2nn(C)c(C(F)(F)F)c2Br)c(F)cc1Cl. The fourth-order valence-electron chi connectivity index (χ4n) is 2.21. The molecule has 0 atom stereocenters. The van der Waals surface area contributed by atoms with E-state index in [4.69, 9.17) is 11.6 Å². The molecule has 0 radical (unpaired) electrons. The molecule has 0 fully saturated rings. The van der Waals surface area contributed by atoms with Crippen LogP contribution < -0.4 is 0 Å². The van der Waals surface area contributed by atoms with Crippen molar-refractivity contribution >= 4 is 33.3 Å². The average Bonchev–Trinajstić information content (AvgIpc) is 2.72. The zero-order chi connectivity index (χ0) is 18.4. The number of Topliss-reactive ketones (excluding diaryl/α,β-unsaturated/α-hetero) is 1. The normalized spacial score (nSPS) is 12.1. The lowest BCUT2D eigenvalue weighted by atomic mass is 9.98. The minimum Gasteiger partial charge on any atom is -0.294 e. The lowest BCUT2D eigenvalue weighted by Crippen LogP contribution is -2.12. The molecule has 1 aromatic carbocycles. The van der Waals surface area contributed by atoms with Crippen LogP contribution in [0.25, 0.3) is 11.3 Å². The molecule has 1 heterocycles. The molecule has 0 amide bonds. The second kappa shape index (κ2) is 6.48. The largest absolute Gasteiger partial charge is 0.434 e. The molecule has 0 unspecified atom stereocenters. The molecule has 0 spiro atoms. The van der Waals surface area contributed by atoms with Gasteiger partial charge in [-0.05, 0) is 28.1 Å². The van der Waals surface area contributed by atoms with Gasteiger partial charge in [-0.2, -0.15) is 18.3 Å². The topological polar surface area (TPSA) is 34.9 Å². The van der Waals surface area contributed by atoms with Crippen LogP contribution in [-0.4, -0.2) is 15.6 Å². The number of carbonyl (C=O) groups is 1. The van der Waals surface area contributed by atoms with Crippen molar-refractivity contribution in [3.63, 3.8) is 0 Å². The van der Waals surface area contributed by atoms with E-state index in [0.29, 0.717) is 4.68 Å². The van der Waals surface area contributed by atoms with Gasteiger partial charge >= 0.3 is 6.18 Å². The summed E-state index contributed by atoms with van der Waals surface area (Å²) in [6.07, 6.45) is -4.67. The van der Waals surface area contributed by atoms with Gasteiger partial charge in [0, 0.05) is 24.1 Å². The maximum Gasteiger partial charge on any atom is 0.434 e. The number of hydrogen-bond acceptors (Lipinski definition) is 2. The van der Waals surface area contributed by atoms with Gasteiger partial charge in [-0.15, -0.1) is 0 Å². The standard InChI is InChI=1S/C15H12BrClF4N2O/c1-6(2)13(24)7-4-8(10(18)5-9(7)17)12-11(16)14(15(19,20)21)23(3)22-12/h4-6H,1-3H3. The quantitative estimate of drug-likeness (QED) is 0.479. The van der Waals surface area contributed by atoms with Crippen LogP contribution in [0, 0.1) is 11.7 Å². The Morgan fingerprint density at radius 3 is 2.38 bits per heavy atom. The summed E-state index contributed by atoms with van der Waals surface area (Å²) in [5, 5.41) is 3.64. The minimum absolute atomic E-state index is 0.0363. The number of alkyl halides is 3. The molecular weight excluding hydrogens is 416 g/mol. The molecule has 130 valence electrons. The van der Waals surface area contributed by atoms with Crippen molar-refractivity contribution in [2.45, 2.75) is 20.0 Å². The van der Waals surface area contributed by atoms with Crippen LogP contribution in [0.15, 0.2) is 16.6 Å². The van der Waals surface area contributed by atoms with E-state index in [9.17, 15) is 22.4 Å². The number of ketones is 1. The molecule has 0 aliphatic carbocycles. The first-order chi connectivity index (χ1) is 10.9. The van der Waals surface area contributed by atoms with Crippen LogP contribution in [0.2, 0.25) is 5.02 Å². The fourth-order valence-corrected chi connectivity index (χ4v) is 3.23. The third kappa shape index (κ3) is 3.35. The Morgan fingerprint density at radius 1 is 1.33 bits per heavy atom. The highest BCUT2D eigenvalue weighted by Gasteiger charge is 2.39. The first kappa shape index (κ1) is 18.9. The third-order valence-corrected chi connectivity index (χ3v) is 4.42. The predicted octanol–water partition coefficient (Wildman–Crippen LogP) is 5.50. The highest BCUT2D eigenvalue weighted by molar-refractivity contribution is 9.10. The molecule has 24 heavy (non-hydrogen) atoms. The van der Waals surface area contributed by atoms with E-state index in [0.717, 1.165) is 19.2 Å². The van der Waals surface area contributed by atoms with E-state index in [2.05, 4.69) is 21.0 Å². The second-order valence-corrected chi connectivity index (χ2v) is 6.66. The number of halogens is 6. The van der Waals surface area contributed by atoms with Gasteiger partial charge in [0.2, 0.25) is 0 Å². The van der Waals surface area contributed by atoms with Crippen molar-refractivity contribution in [1.82, 2.24) is 9.78 Å². The van der Waals surface area contributed by atoms with E-state index in [1.807, 2.05) is 0 Å². The molecule has 9 heteroatoms. The molecule has 2 aromatic rings. The molecule has 0 saturated carbocycles. The summed E-state index contributed by atoms with van der Waals surface area (Å²) in [5.41, 5.74) is -1.50. The number of rotatable bonds is 3. The molecule has 0 saturated heterocycles. The Labute approximate surface area is 148 Å². The average molecular weight is 428 g/mol. The van der Waals surface area contributed by atoms with Crippen LogP contribution in [0.1, 0.15) is 29.9 Å². The van der Waals surface area contributed by atoms with Crippen molar-refractivity contribution < 1.29 is 22.4 Å². The molecule has 0 aliphatic heterocycles. The van der Waals surface area contributed by atoms with Crippen molar-refractivity contribution in [1.29, 1.82) is 0 Å². The summed E-state index contributed by atoms with van der Waals surface area (Å²) < 4.78 is 53.6. The molecule has 3 nitrogen and oxygen atoms in total. The highest BCUT2D eigenvalue weighted by atomic mass is 79.9. The first-order valence-corrected chi connectivity index (χ1v) is 7.95. The summed E-state index contributed by atoms with van der Waals surface area (Å²) in [5.74, 6) is -1.61. The van der Waals surface area contributed by atoms with Crippen LogP contribution >= 0.6 is 27.5 Å². The van der Waals surface area contributed by atoms with E-state index in [1.165, 1.54) is 0 Å². The van der Waals surface area contributed by atoms with Crippen LogP contribution in [0.4, 0.5) is 17.6 Å². The van der Waals surface area contributed by atoms with Gasteiger partial charge < -0.3 is 0 Å². The van der Waals surface area contributed by atoms with Crippen molar-refractivity contribution in [3.8, 4) is 11.3 Å². The van der Waals surface area contributed by atoms with Crippen LogP contribution in [0.3, 0.4) is 0 Å². The lowest BCUT2D eigenvalue weighted by Gasteiger charge is -2.10. The maximum atomic E-state index is 14.3. The molecule has 0 bridgehead atoms. The molecule has 2 rings (SSSR count). The molecule has 0 N–H and O–H groups in total. The van der Waals surface area contributed by atoms with Crippen molar-refractivity contribution in [2.24, 2.45) is 13.0 Å². The summed E-state index contributed by atoms with van der Waals surface area (Å²) >= 11 is 8.73. The van der Waals surface area contributed by atoms with Gasteiger partial charge in [0.1, 0.15) is 11.5 Å². The number of carbonyl (C=O) groups excluding carboxylic acids is 1. The van der Waals surface area contributed by atoms with Crippen molar-refractivity contribution in [3.05, 3.63) is 38.7 Å². The van der Waals surface area contributed by atoms with E-state index in [1.54, 1.807) is 13.8 Å². The molecule has 1 aromatic heterocycles. The summed E-state index contributed by atoms with van der Waals surface area (Å²) in [6.45, 7) is 3.28. The highest BCUT2D eigenvalue weighted by Crippen LogP contribution is 2.41. The Balaban J connectivity index is 2.71. The van der Waals surface area contributed by atoms with Crippen LogP contribution in [0.5, 0.6) is 0 Å². The number of nitrogens with zero attached hydrogens (tertiary/aromatic N) is 2. The third-order valence-electron chi connectivity index (χ3n) is 3.36. The summed E-state index contributed by atoms with van der Waals surface area (Å²) in [6, 6.07) is 2.04. The van der Waals surface area contributed by atoms with Crippen LogP contribution in [-0.2, 0) is 13.2 Å². The Kier molecular flexibility index (Phi) is 5.11. The number of benzene rings is 1. The van der Waals surface area contributed by atoms with Gasteiger partial charge in [-0.1, -0.05) is 25.4 Å². The maximum absolute atomic E-state index is 14.3. The molecule has 0 aliphatic rings. The number of hydrogen-bond donors (Lipinski definition) is 0. The van der Waals surface area contributed by atoms with Crippen molar-refractivity contribution in [2.75, 3.05) is 0 Å². The van der Waals surface area contributed by atoms with Gasteiger partial charge in [-0.25, -0.2) is 4.39 Å². The fraction of sp³-hybridized carbons (Fsp3) is 0.333.